The van der Waals surface area contributed by atoms with Crippen molar-refractivity contribution in [3.8, 4) is 0 Å². The Morgan fingerprint density at radius 3 is 2.35 bits per heavy atom. The van der Waals surface area contributed by atoms with Crippen LogP contribution in [0.1, 0.15) is 53.2 Å². The lowest BCUT2D eigenvalue weighted by Crippen LogP contribution is -2.36. The van der Waals surface area contributed by atoms with Gasteiger partial charge < -0.3 is 4.74 Å². The van der Waals surface area contributed by atoms with Crippen LogP contribution in [-0.4, -0.2) is 23.5 Å². The van der Waals surface area contributed by atoms with Crippen LogP contribution in [0, 0.1) is 5.41 Å². The molecule has 1 atom stereocenters. The van der Waals surface area contributed by atoms with E-state index in [4.69, 9.17) is 9.73 Å². The van der Waals surface area contributed by atoms with Crippen molar-refractivity contribution in [3.63, 3.8) is 0 Å². The maximum Gasteiger partial charge on any atom is 0.196 e. The van der Waals surface area contributed by atoms with E-state index >= 15 is 0 Å². The van der Waals surface area contributed by atoms with Crippen LogP contribution in [0.2, 0.25) is 0 Å². The van der Waals surface area contributed by atoms with Gasteiger partial charge in [-0.3, -0.25) is 4.98 Å². The van der Waals surface area contributed by atoms with Gasteiger partial charge in [-0.2, -0.15) is 0 Å². The molecule has 0 fully saturated rings. The predicted molar refractivity (Wildman–Crippen MR) is 83.1 cm³/mol. The molecule has 3 nitrogen and oxygen atoms in total. The maximum atomic E-state index is 6.00. The van der Waals surface area contributed by atoms with Gasteiger partial charge in [-0.1, -0.05) is 40.7 Å². The molecule has 0 radical (unpaired) electrons. The summed E-state index contributed by atoms with van der Waals surface area (Å²) in [5.74, 6) is 0.876. The van der Waals surface area contributed by atoms with Crippen LogP contribution in [0.25, 0.3) is 0 Å². The van der Waals surface area contributed by atoms with Gasteiger partial charge in [0.2, 0.25) is 0 Å². The van der Waals surface area contributed by atoms with Crippen LogP contribution < -0.4 is 0 Å². The van der Waals surface area contributed by atoms with E-state index < -0.39 is 0 Å². The van der Waals surface area contributed by atoms with E-state index in [0.29, 0.717) is 6.61 Å². The SMILES string of the molecule is CCC(CC)(C1=N[C@@H](C(C)(C)C)CO1)c1ccccn1. The molecule has 0 saturated heterocycles. The number of aromatic nitrogens is 1. The number of ether oxygens (including phenoxy) is 1. The van der Waals surface area contributed by atoms with Crippen molar-refractivity contribution in [1.82, 2.24) is 4.98 Å². The second kappa shape index (κ2) is 5.55. The van der Waals surface area contributed by atoms with E-state index in [1.54, 1.807) is 0 Å². The summed E-state index contributed by atoms with van der Waals surface area (Å²) < 4.78 is 6.00. The van der Waals surface area contributed by atoms with Crippen molar-refractivity contribution in [1.29, 1.82) is 0 Å². The number of hydrogen-bond acceptors (Lipinski definition) is 3. The first kappa shape index (κ1) is 15.0. The highest BCUT2D eigenvalue weighted by molar-refractivity contribution is 5.89. The molecule has 0 unspecified atom stereocenters. The van der Waals surface area contributed by atoms with Crippen molar-refractivity contribution < 1.29 is 4.74 Å². The molecule has 1 aliphatic rings. The zero-order valence-corrected chi connectivity index (χ0v) is 13.3. The smallest absolute Gasteiger partial charge is 0.196 e. The summed E-state index contributed by atoms with van der Waals surface area (Å²) in [7, 11) is 0. The molecule has 0 aliphatic carbocycles. The first-order valence-corrected chi connectivity index (χ1v) is 7.56. The average molecular weight is 274 g/mol. The highest BCUT2D eigenvalue weighted by Crippen LogP contribution is 2.37. The third-order valence-electron chi connectivity index (χ3n) is 4.42. The molecule has 1 aliphatic heterocycles. The molecule has 0 N–H and O–H groups in total. The molecule has 2 heterocycles. The molecular weight excluding hydrogens is 248 g/mol. The van der Waals surface area contributed by atoms with Crippen molar-refractivity contribution >= 4 is 5.90 Å². The maximum absolute atomic E-state index is 6.00. The van der Waals surface area contributed by atoms with Crippen LogP contribution in [0.5, 0.6) is 0 Å². The number of hydrogen-bond donors (Lipinski definition) is 0. The van der Waals surface area contributed by atoms with Gasteiger partial charge in [-0.15, -0.1) is 0 Å². The average Bonchev–Trinajstić information content (AvgIpc) is 2.92. The topological polar surface area (TPSA) is 34.5 Å². The van der Waals surface area contributed by atoms with Crippen molar-refractivity contribution in [2.75, 3.05) is 6.61 Å². The highest BCUT2D eigenvalue weighted by atomic mass is 16.5. The predicted octanol–water partition coefficient (Wildman–Crippen LogP) is 3.98. The summed E-state index contributed by atoms with van der Waals surface area (Å²) in [6.07, 6.45) is 3.76. The Hall–Kier alpha value is -1.38. The molecule has 3 heteroatoms. The Balaban J connectivity index is 2.40. The van der Waals surface area contributed by atoms with Gasteiger partial charge in [0.1, 0.15) is 6.61 Å². The van der Waals surface area contributed by atoms with Gasteiger partial charge in [0.05, 0.1) is 17.2 Å². The van der Waals surface area contributed by atoms with Gasteiger partial charge in [-0.25, -0.2) is 4.99 Å². The summed E-state index contributed by atoms with van der Waals surface area (Å²) in [6.45, 7) is 11.7. The van der Waals surface area contributed by atoms with Gasteiger partial charge in [0.25, 0.3) is 0 Å². The molecule has 0 saturated carbocycles. The first-order chi connectivity index (χ1) is 9.44. The first-order valence-electron chi connectivity index (χ1n) is 7.56. The lowest BCUT2D eigenvalue weighted by Gasteiger charge is -2.30. The number of aliphatic imine (C=N–C) groups is 1. The fourth-order valence-corrected chi connectivity index (χ4v) is 2.75. The van der Waals surface area contributed by atoms with Crippen molar-refractivity contribution in [2.45, 2.75) is 58.9 Å². The van der Waals surface area contributed by atoms with E-state index in [9.17, 15) is 0 Å². The van der Waals surface area contributed by atoms with Gasteiger partial charge in [-0.05, 0) is 30.4 Å². The van der Waals surface area contributed by atoms with Crippen LogP contribution in [0.3, 0.4) is 0 Å². The second-order valence-corrected chi connectivity index (χ2v) is 6.63. The van der Waals surface area contributed by atoms with Crippen LogP contribution >= 0.6 is 0 Å². The molecule has 0 aromatic carbocycles. The van der Waals surface area contributed by atoms with E-state index in [0.717, 1.165) is 24.4 Å². The third kappa shape index (κ3) is 2.58. The molecule has 0 spiro atoms. The molecule has 1 aromatic rings. The number of nitrogens with zero attached hydrogens (tertiary/aromatic N) is 2. The Bertz CT molecular complexity index is 470. The second-order valence-electron chi connectivity index (χ2n) is 6.63. The molecule has 2 rings (SSSR count). The summed E-state index contributed by atoms with van der Waals surface area (Å²) in [6, 6.07) is 6.32. The summed E-state index contributed by atoms with van der Waals surface area (Å²) >= 11 is 0. The van der Waals surface area contributed by atoms with E-state index in [-0.39, 0.29) is 16.9 Å². The largest absolute Gasteiger partial charge is 0.478 e. The Kier molecular flexibility index (Phi) is 4.17. The van der Waals surface area contributed by atoms with E-state index in [1.807, 2.05) is 18.3 Å². The van der Waals surface area contributed by atoms with Gasteiger partial charge >= 0.3 is 0 Å². The lowest BCUT2D eigenvalue weighted by molar-refractivity contribution is 0.223. The van der Waals surface area contributed by atoms with Crippen LogP contribution in [0.15, 0.2) is 29.4 Å². The minimum Gasteiger partial charge on any atom is -0.478 e. The fraction of sp³-hybridized carbons (Fsp3) is 0.647. The third-order valence-corrected chi connectivity index (χ3v) is 4.42. The van der Waals surface area contributed by atoms with E-state index in [1.165, 1.54) is 0 Å². The Morgan fingerprint density at radius 1 is 1.20 bits per heavy atom. The Morgan fingerprint density at radius 2 is 1.90 bits per heavy atom. The normalized spacial score (nSPS) is 19.6. The zero-order valence-electron chi connectivity index (χ0n) is 13.3. The summed E-state index contributed by atoms with van der Waals surface area (Å²) in [5.41, 5.74) is 1.03. The highest BCUT2D eigenvalue weighted by Gasteiger charge is 2.42. The van der Waals surface area contributed by atoms with Crippen molar-refractivity contribution in [3.05, 3.63) is 30.1 Å². The summed E-state index contributed by atoms with van der Waals surface area (Å²) in [5, 5.41) is 0. The molecule has 110 valence electrons. The zero-order chi connectivity index (χ0) is 14.8. The lowest BCUT2D eigenvalue weighted by atomic mass is 9.78. The molecule has 0 amide bonds. The minimum absolute atomic E-state index is 0.138. The van der Waals surface area contributed by atoms with Gasteiger partial charge in [0, 0.05) is 6.20 Å². The monoisotopic (exact) mass is 274 g/mol. The quantitative estimate of drug-likeness (QED) is 0.832. The molecular formula is C17H26N2O. The van der Waals surface area contributed by atoms with Gasteiger partial charge in [0.15, 0.2) is 5.90 Å². The Labute approximate surface area is 122 Å². The minimum atomic E-state index is -0.179. The standard InChI is InChI=1S/C17H26N2O/c1-6-17(7-2,13-10-8-9-11-18-13)15-19-14(12-20-15)16(3,4)5/h8-11,14H,6-7,12H2,1-5H3/t14-/m1/s1. The fourth-order valence-electron chi connectivity index (χ4n) is 2.75. The number of rotatable bonds is 4. The molecule has 1 aromatic heterocycles. The van der Waals surface area contributed by atoms with Crippen LogP contribution in [0.4, 0.5) is 0 Å². The molecule has 20 heavy (non-hydrogen) atoms. The van der Waals surface area contributed by atoms with E-state index in [2.05, 4.69) is 45.7 Å². The van der Waals surface area contributed by atoms with Crippen LogP contribution in [-0.2, 0) is 10.2 Å². The van der Waals surface area contributed by atoms with Crippen molar-refractivity contribution in [2.24, 2.45) is 10.4 Å². The number of pyridine rings is 1. The summed E-state index contributed by atoms with van der Waals surface area (Å²) in [4.78, 5) is 9.47. The molecule has 0 bridgehead atoms.